The second kappa shape index (κ2) is 5.71. The fraction of sp³-hybridized carbons (Fsp3) is 0.533. The summed E-state index contributed by atoms with van der Waals surface area (Å²) in [6.45, 7) is 3.34. The number of nitrogen functional groups attached to an aromatic ring is 1. The summed E-state index contributed by atoms with van der Waals surface area (Å²) in [5.74, 6) is 0.818. The predicted molar refractivity (Wildman–Crippen MR) is 81.7 cm³/mol. The van der Waals surface area contributed by atoms with Crippen LogP contribution in [0.15, 0.2) is 22.6 Å². The number of nitrogens with two attached hydrogens (primary N) is 1. The van der Waals surface area contributed by atoms with Gasteiger partial charge in [0.05, 0.1) is 0 Å². The average Bonchev–Trinajstić information content (AvgIpc) is 2.83. The SMILES string of the molecule is CN1CCC(CCNc2nc3ccc(N)cc3o2)CC1. The molecular weight excluding hydrogens is 252 g/mol. The van der Waals surface area contributed by atoms with E-state index >= 15 is 0 Å². The molecule has 1 aliphatic heterocycles. The molecular formula is C15H22N4O. The molecule has 0 unspecified atom stereocenters. The van der Waals surface area contributed by atoms with Crippen LogP contribution in [0.1, 0.15) is 19.3 Å². The molecule has 0 saturated carbocycles. The lowest BCUT2D eigenvalue weighted by Gasteiger charge is -2.28. The van der Waals surface area contributed by atoms with Gasteiger partial charge in [-0.15, -0.1) is 0 Å². The number of fused-ring (bicyclic) bond motifs is 1. The van der Waals surface area contributed by atoms with E-state index in [1.54, 1.807) is 0 Å². The van der Waals surface area contributed by atoms with Crippen molar-refractivity contribution >= 4 is 22.8 Å². The summed E-state index contributed by atoms with van der Waals surface area (Å²) >= 11 is 0. The Hall–Kier alpha value is -1.75. The summed E-state index contributed by atoms with van der Waals surface area (Å²) in [4.78, 5) is 6.80. The third kappa shape index (κ3) is 3.04. The first kappa shape index (κ1) is 13.2. The van der Waals surface area contributed by atoms with Gasteiger partial charge in [0.15, 0.2) is 5.58 Å². The van der Waals surface area contributed by atoms with Crippen LogP contribution in [-0.4, -0.2) is 36.6 Å². The van der Waals surface area contributed by atoms with Gasteiger partial charge in [0.2, 0.25) is 0 Å². The summed E-state index contributed by atoms with van der Waals surface area (Å²) < 4.78 is 5.64. The molecule has 0 spiro atoms. The molecule has 0 atom stereocenters. The second-order valence-electron chi connectivity index (χ2n) is 5.71. The highest BCUT2D eigenvalue weighted by molar-refractivity contribution is 5.78. The van der Waals surface area contributed by atoms with Gasteiger partial charge in [0.1, 0.15) is 5.52 Å². The van der Waals surface area contributed by atoms with Gasteiger partial charge >= 0.3 is 0 Å². The number of oxazole rings is 1. The Kier molecular flexibility index (Phi) is 3.78. The number of anilines is 2. The largest absolute Gasteiger partial charge is 0.423 e. The molecule has 0 bridgehead atoms. The third-order valence-electron chi connectivity index (χ3n) is 4.08. The van der Waals surface area contributed by atoms with Gasteiger partial charge in [-0.1, -0.05) is 0 Å². The maximum Gasteiger partial charge on any atom is 0.295 e. The molecule has 1 fully saturated rings. The molecule has 1 saturated heterocycles. The number of aromatic nitrogens is 1. The number of piperidine rings is 1. The van der Waals surface area contributed by atoms with Crippen molar-refractivity contribution in [1.29, 1.82) is 0 Å². The second-order valence-corrected chi connectivity index (χ2v) is 5.71. The molecule has 2 aromatic rings. The minimum atomic E-state index is 0.596. The zero-order valence-corrected chi connectivity index (χ0v) is 11.9. The van der Waals surface area contributed by atoms with Crippen molar-refractivity contribution < 1.29 is 4.42 Å². The molecule has 108 valence electrons. The van der Waals surface area contributed by atoms with E-state index in [0.717, 1.165) is 23.6 Å². The first-order valence-electron chi connectivity index (χ1n) is 7.29. The highest BCUT2D eigenvalue weighted by atomic mass is 16.4. The Morgan fingerprint density at radius 1 is 1.40 bits per heavy atom. The molecule has 0 amide bonds. The van der Waals surface area contributed by atoms with Crippen LogP contribution in [0, 0.1) is 5.92 Å². The molecule has 5 heteroatoms. The van der Waals surface area contributed by atoms with Crippen LogP contribution in [0.3, 0.4) is 0 Å². The van der Waals surface area contributed by atoms with E-state index in [1.165, 1.54) is 32.4 Å². The van der Waals surface area contributed by atoms with E-state index in [2.05, 4.69) is 22.2 Å². The standard InChI is InChI=1S/C15H22N4O/c1-19-8-5-11(6-9-19)4-7-17-15-18-13-3-2-12(16)10-14(13)20-15/h2-3,10-11H,4-9,16H2,1H3,(H,17,18). The number of nitrogens with zero attached hydrogens (tertiary/aromatic N) is 2. The van der Waals surface area contributed by atoms with Gasteiger partial charge in [-0.05, 0) is 57.5 Å². The van der Waals surface area contributed by atoms with E-state index in [4.69, 9.17) is 10.2 Å². The minimum Gasteiger partial charge on any atom is -0.423 e. The van der Waals surface area contributed by atoms with Gasteiger partial charge < -0.3 is 20.4 Å². The molecule has 20 heavy (non-hydrogen) atoms. The Morgan fingerprint density at radius 2 is 2.20 bits per heavy atom. The van der Waals surface area contributed by atoms with Gasteiger partial charge in [-0.3, -0.25) is 0 Å². The van der Waals surface area contributed by atoms with Crippen molar-refractivity contribution in [2.24, 2.45) is 5.92 Å². The number of rotatable bonds is 4. The topological polar surface area (TPSA) is 67.3 Å². The zero-order chi connectivity index (χ0) is 13.9. The van der Waals surface area contributed by atoms with E-state index in [1.807, 2.05) is 18.2 Å². The Labute approximate surface area is 119 Å². The lowest BCUT2D eigenvalue weighted by molar-refractivity contribution is 0.215. The first-order chi connectivity index (χ1) is 9.70. The number of hydrogen-bond acceptors (Lipinski definition) is 5. The quantitative estimate of drug-likeness (QED) is 0.839. The summed E-state index contributed by atoms with van der Waals surface area (Å²) in [6, 6.07) is 6.13. The Bertz CT molecular complexity index is 572. The van der Waals surface area contributed by atoms with Crippen molar-refractivity contribution in [1.82, 2.24) is 9.88 Å². The van der Waals surface area contributed by atoms with Gasteiger partial charge in [0.25, 0.3) is 6.01 Å². The lowest BCUT2D eigenvalue weighted by Crippen LogP contribution is -2.30. The highest BCUT2D eigenvalue weighted by Gasteiger charge is 2.16. The molecule has 3 N–H and O–H groups in total. The number of hydrogen-bond donors (Lipinski definition) is 2. The van der Waals surface area contributed by atoms with Crippen LogP contribution in [-0.2, 0) is 0 Å². The summed E-state index contributed by atoms with van der Waals surface area (Å²) in [5, 5.41) is 3.28. The van der Waals surface area contributed by atoms with Crippen molar-refractivity contribution in [3.8, 4) is 0 Å². The smallest absolute Gasteiger partial charge is 0.295 e. The fourth-order valence-electron chi connectivity index (χ4n) is 2.75. The van der Waals surface area contributed by atoms with Crippen molar-refractivity contribution in [3.63, 3.8) is 0 Å². The molecule has 1 aliphatic rings. The van der Waals surface area contributed by atoms with E-state index in [9.17, 15) is 0 Å². The maximum absolute atomic E-state index is 5.73. The molecule has 0 radical (unpaired) electrons. The predicted octanol–water partition coefficient (Wildman–Crippen LogP) is 2.55. The molecule has 3 rings (SSSR count). The minimum absolute atomic E-state index is 0.596. The summed E-state index contributed by atoms with van der Waals surface area (Å²) in [5.41, 5.74) is 8.02. The molecule has 1 aromatic heterocycles. The van der Waals surface area contributed by atoms with E-state index < -0.39 is 0 Å². The van der Waals surface area contributed by atoms with Crippen LogP contribution in [0.25, 0.3) is 11.1 Å². The van der Waals surface area contributed by atoms with Gasteiger partial charge in [-0.2, -0.15) is 4.98 Å². The van der Waals surface area contributed by atoms with Crippen molar-refractivity contribution in [2.45, 2.75) is 19.3 Å². The normalized spacial score (nSPS) is 17.6. The monoisotopic (exact) mass is 274 g/mol. The lowest BCUT2D eigenvalue weighted by atomic mass is 9.94. The van der Waals surface area contributed by atoms with Crippen molar-refractivity contribution in [2.75, 3.05) is 37.7 Å². The number of benzene rings is 1. The molecule has 5 nitrogen and oxygen atoms in total. The zero-order valence-electron chi connectivity index (χ0n) is 11.9. The molecule has 0 aliphatic carbocycles. The van der Waals surface area contributed by atoms with Gasteiger partial charge in [0, 0.05) is 18.3 Å². The Balaban J connectivity index is 1.52. The van der Waals surface area contributed by atoms with Gasteiger partial charge in [-0.25, -0.2) is 0 Å². The first-order valence-corrected chi connectivity index (χ1v) is 7.29. The van der Waals surface area contributed by atoms with Crippen LogP contribution in [0.4, 0.5) is 11.7 Å². The summed E-state index contributed by atoms with van der Waals surface area (Å²) in [6.07, 6.45) is 3.76. The van der Waals surface area contributed by atoms with Crippen molar-refractivity contribution in [3.05, 3.63) is 18.2 Å². The fourth-order valence-corrected chi connectivity index (χ4v) is 2.75. The maximum atomic E-state index is 5.73. The molecule has 2 heterocycles. The van der Waals surface area contributed by atoms with Crippen LogP contribution >= 0.6 is 0 Å². The summed E-state index contributed by atoms with van der Waals surface area (Å²) in [7, 11) is 2.19. The average molecular weight is 274 g/mol. The van der Waals surface area contributed by atoms with Crippen LogP contribution in [0.2, 0.25) is 0 Å². The third-order valence-corrected chi connectivity index (χ3v) is 4.08. The Morgan fingerprint density at radius 3 is 3.00 bits per heavy atom. The van der Waals surface area contributed by atoms with E-state index in [-0.39, 0.29) is 0 Å². The van der Waals surface area contributed by atoms with Crippen LogP contribution in [0.5, 0.6) is 0 Å². The van der Waals surface area contributed by atoms with Crippen LogP contribution < -0.4 is 11.1 Å². The number of likely N-dealkylation sites (tertiary alicyclic amines) is 1. The highest BCUT2D eigenvalue weighted by Crippen LogP contribution is 2.22. The number of nitrogens with one attached hydrogen (secondary N) is 1. The molecule has 1 aromatic carbocycles. The van der Waals surface area contributed by atoms with E-state index in [0.29, 0.717) is 11.7 Å².